The van der Waals surface area contributed by atoms with E-state index in [1.54, 1.807) is 12.1 Å². The first-order valence-corrected chi connectivity index (χ1v) is 9.99. The number of carbonyl (C=O) groups excluding carboxylic acids is 1. The highest BCUT2D eigenvalue weighted by atomic mass is 16.5. The van der Waals surface area contributed by atoms with E-state index in [9.17, 15) is 9.90 Å². The number of ether oxygens (including phenoxy) is 1. The van der Waals surface area contributed by atoms with E-state index in [-0.39, 0.29) is 5.91 Å². The van der Waals surface area contributed by atoms with Gasteiger partial charge in [0.2, 0.25) is 0 Å². The van der Waals surface area contributed by atoms with Gasteiger partial charge in [-0.3, -0.25) is 4.79 Å². The Morgan fingerprint density at radius 3 is 2.38 bits per heavy atom. The van der Waals surface area contributed by atoms with Crippen molar-refractivity contribution in [1.29, 1.82) is 0 Å². The maximum Gasteiger partial charge on any atom is 0.251 e. The van der Waals surface area contributed by atoms with E-state index in [1.807, 2.05) is 75.4 Å². The van der Waals surface area contributed by atoms with Crippen LogP contribution >= 0.6 is 0 Å². The highest BCUT2D eigenvalue weighted by Crippen LogP contribution is 2.14. The standard InChI is InChI=1S/C25H31NO3/c1-19(2)9-14-24(27)20(3)16-18-29-23-12-10-21(11-13-23)15-17-26-25(28)22-7-5-4-6-8-22/h4-13,16,24,27H,14-15,17-18H2,1-3H3,(H,26,28)/b20-16+. The first-order valence-electron chi connectivity index (χ1n) is 9.99. The van der Waals surface area contributed by atoms with Gasteiger partial charge in [0.15, 0.2) is 0 Å². The molecule has 2 aromatic carbocycles. The van der Waals surface area contributed by atoms with Crippen molar-refractivity contribution in [2.75, 3.05) is 13.2 Å². The number of hydrogen-bond acceptors (Lipinski definition) is 3. The molecule has 29 heavy (non-hydrogen) atoms. The molecule has 0 aromatic heterocycles. The smallest absolute Gasteiger partial charge is 0.251 e. The normalized spacial score (nSPS) is 12.2. The maximum absolute atomic E-state index is 12.0. The van der Waals surface area contributed by atoms with Gasteiger partial charge in [0.1, 0.15) is 12.4 Å². The van der Waals surface area contributed by atoms with Crippen molar-refractivity contribution >= 4 is 5.91 Å². The molecule has 0 heterocycles. The van der Waals surface area contributed by atoms with Crippen LogP contribution in [0.3, 0.4) is 0 Å². The summed E-state index contributed by atoms with van der Waals surface area (Å²) in [6.07, 6.45) is 4.86. The number of aliphatic hydroxyl groups is 1. The summed E-state index contributed by atoms with van der Waals surface area (Å²) in [5.41, 5.74) is 3.92. The zero-order chi connectivity index (χ0) is 21.1. The second-order valence-electron chi connectivity index (χ2n) is 7.31. The Bertz CT molecular complexity index is 819. The molecule has 0 bridgehead atoms. The van der Waals surface area contributed by atoms with Crippen LogP contribution in [0, 0.1) is 0 Å². The van der Waals surface area contributed by atoms with Crippen molar-refractivity contribution in [3.8, 4) is 5.75 Å². The summed E-state index contributed by atoms with van der Waals surface area (Å²) in [7, 11) is 0. The quantitative estimate of drug-likeness (QED) is 0.575. The second kappa shape index (κ2) is 11.9. The monoisotopic (exact) mass is 393 g/mol. The maximum atomic E-state index is 12.0. The molecule has 1 amide bonds. The van der Waals surface area contributed by atoms with Gasteiger partial charge < -0.3 is 15.2 Å². The van der Waals surface area contributed by atoms with E-state index >= 15 is 0 Å². The predicted molar refractivity (Wildman–Crippen MR) is 118 cm³/mol. The van der Waals surface area contributed by atoms with Crippen LogP contribution in [-0.2, 0) is 6.42 Å². The number of aliphatic hydroxyl groups excluding tert-OH is 1. The van der Waals surface area contributed by atoms with Crippen LogP contribution < -0.4 is 10.1 Å². The molecule has 4 nitrogen and oxygen atoms in total. The highest BCUT2D eigenvalue weighted by molar-refractivity contribution is 5.94. The molecule has 2 aromatic rings. The third-order valence-corrected chi connectivity index (χ3v) is 4.59. The van der Waals surface area contributed by atoms with Gasteiger partial charge in [-0.05, 0) is 75.1 Å². The van der Waals surface area contributed by atoms with Crippen molar-refractivity contribution in [3.63, 3.8) is 0 Å². The Morgan fingerprint density at radius 1 is 1.03 bits per heavy atom. The minimum atomic E-state index is -0.470. The van der Waals surface area contributed by atoms with Crippen LogP contribution in [-0.4, -0.2) is 30.3 Å². The van der Waals surface area contributed by atoms with Gasteiger partial charge in [0.05, 0.1) is 6.10 Å². The van der Waals surface area contributed by atoms with E-state index < -0.39 is 6.10 Å². The lowest BCUT2D eigenvalue weighted by Gasteiger charge is -2.10. The first kappa shape index (κ1) is 22.4. The highest BCUT2D eigenvalue weighted by Gasteiger charge is 2.05. The van der Waals surface area contributed by atoms with Gasteiger partial charge >= 0.3 is 0 Å². The average Bonchev–Trinajstić information content (AvgIpc) is 2.73. The van der Waals surface area contributed by atoms with Crippen LogP contribution in [0.4, 0.5) is 0 Å². The number of amides is 1. The molecule has 0 saturated heterocycles. The summed E-state index contributed by atoms with van der Waals surface area (Å²) in [6, 6.07) is 17.1. The molecule has 154 valence electrons. The van der Waals surface area contributed by atoms with E-state index in [4.69, 9.17) is 4.74 Å². The molecule has 0 aliphatic rings. The third-order valence-electron chi connectivity index (χ3n) is 4.59. The van der Waals surface area contributed by atoms with Crippen molar-refractivity contribution < 1.29 is 14.6 Å². The lowest BCUT2D eigenvalue weighted by atomic mass is 10.1. The van der Waals surface area contributed by atoms with E-state index in [1.165, 1.54) is 5.57 Å². The van der Waals surface area contributed by atoms with Crippen LogP contribution in [0.15, 0.2) is 77.9 Å². The van der Waals surface area contributed by atoms with Crippen molar-refractivity contribution in [3.05, 3.63) is 89.0 Å². The number of nitrogens with one attached hydrogen (secondary N) is 1. The van der Waals surface area contributed by atoms with Gasteiger partial charge in [-0.2, -0.15) is 0 Å². The third kappa shape index (κ3) is 8.36. The predicted octanol–water partition coefficient (Wildman–Crippen LogP) is 4.70. The minimum Gasteiger partial charge on any atom is -0.490 e. The molecule has 0 fully saturated rings. The first-order chi connectivity index (χ1) is 14.0. The van der Waals surface area contributed by atoms with E-state index in [2.05, 4.69) is 5.32 Å². The summed E-state index contributed by atoms with van der Waals surface area (Å²) in [5, 5.41) is 13.0. The fourth-order valence-electron chi connectivity index (χ4n) is 2.70. The Morgan fingerprint density at radius 2 is 1.72 bits per heavy atom. The number of hydrogen-bond donors (Lipinski definition) is 2. The van der Waals surface area contributed by atoms with Crippen LogP contribution in [0.2, 0.25) is 0 Å². The van der Waals surface area contributed by atoms with E-state index in [0.717, 1.165) is 23.3 Å². The summed E-state index contributed by atoms with van der Waals surface area (Å²) >= 11 is 0. The van der Waals surface area contributed by atoms with Gasteiger partial charge in [-0.1, -0.05) is 42.0 Å². The number of allylic oxidation sites excluding steroid dienone is 1. The molecule has 4 heteroatoms. The zero-order valence-electron chi connectivity index (χ0n) is 17.5. The molecule has 0 spiro atoms. The Labute approximate surface area is 173 Å². The number of rotatable bonds is 10. The molecule has 0 aliphatic carbocycles. The van der Waals surface area contributed by atoms with Crippen LogP contribution in [0.1, 0.15) is 43.1 Å². The van der Waals surface area contributed by atoms with Gasteiger partial charge in [-0.25, -0.2) is 0 Å². The summed E-state index contributed by atoms with van der Waals surface area (Å²) < 4.78 is 5.74. The molecule has 2 rings (SSSR count). The number of benzene rings is 2. The molecule has 1 unspecified atom stereocenters. The topological polar surface area (TPSA) is 58.6 Å². The van der Waals surface area contributed by atoms with E-state index in [0.29, 0.717) is 25.1 Å². The summed E-state index contributed by atoms with van der Waals surface area (Å²) in [5.74, 6) is 0.726. The largest absolute Gasteiger partial charge is 0.490 e. The minimum absolute atomic E-state index is 0.0560. The van der Waals surface area contributed by atoms with Crippen molar-refractivity contribution in [1.82, 2.24) is 5.32 Å². The molecular weight excluding hydrogens is 362 g/mol. The average molecular weight is 394 g/mol. The van der Waals surface area contributed by atoms with Crippen LogP contribution in [0.5, 0.6) is 5.75 Å². The molecule has 2 N–H and O–H groups in total. The molecule has 1 atom stereocenters. The Kier molecular flexibility index (Phi) is 9.19. The van der Waals surface area contributed by atoms with Crippen molar-refractivity contribution in [2.24, 2.45) is 0 Å². The SMILES string of the molecule is CC(C)=CCC(O)/C(C)=C/COc1ccc(CCNC(=O)c2ccccc2)cc1. The molecule has 0 aliphatic heterocycles. The second-order valence-corrected chi connectivity index (χ2v) is 7.31. The fraction of sp³-hybridized carbons (Fsp3) is 0.320. The summed E-state index contributed by atoms with van der Waals surface area (Å²) in [4.78, 5) is 12.0. The lowest BCUT2D eigenvalue weighted by molar-refractivity contribution is 0.0954. The van der Waals surface area contributed by atoms with Gasteiger partial charge in [0, 0.05) is 12.1 Å². The Hall–Kier alpha value is -2.85. The molecule has 0 saturated carbocycles. The Balaban J connectivity index is 1.73. The van der Waals surface area contributed by atoms with Gasteiger partial charge in [-0.15, -0.1) is 0 Å². The zero-order valence-corrected chi connectivity index (χ0v) is 17.5. The van der Waals surface area contributed by atoms with Crippen molar-refractivity contribution in [2.45, 2.75) is 39.7 Å². The van der Waals surface area contributed by atoms with Gasteiger partial charge in [0.25, 0.3) is 5.91 Å². The lowest BCUT2D eigenvalue weighted by Crippen LogP contribution is -2.25. The summed E-state index contributed by atoms with van der Waals surface area (Å²) in [6.45, 7) is 6.97. The van der Waals surface area contributed by atoms with Crippen LogP contribution in [0.25, 0.3) is 0 Å². The molecule has 0 radical (unpaired) electrons. The fourth-order valence-corrected chi connectivity index (χ4v) is 2.70. The molecular formula is C25H31NO3. The number of carbonyl (C=O) groups is 1.